The van der Waals surface area contributed by atoms with Gasteiger partial charge in [-0.2, -0.15) is 0 Å². The van der Waals surface area contributed by atoms with Crippen molar-refractivity contribution in [2.24, 2.45) is 52.3 Å². The van der Waals surface area contributed by atoms with Crippen LogP contribution in [0.25, 0.3) is 0 Å². The highest BCUT2D eigenvalue weighted by molar-refractivity contribution is 5.91. The maximum atomic E-state index is 14.8. The third kappa shape index (κ3) is 15.2. The Hall–Kier alpha value is -7.20. The summed E-state index contributed by atoms with van der Waals surface area (Å²) in [5.41, 5.74) is 1.83. The van der Waals surface area contributed by atoms with Gasteiger partial charge in [-0.1, -0.05) is 143 Å². The normalized spacial score (nSPS) is 36.5. The van der Waals surface area contributed by atoms with Gasteiger partial charge in [-0.3, -0.25) is 9.59 Å². The van der Waals surface area contributed by atoms with Crippen molar-refractivity contribution in [2.45, 2.75) is 218 Å². The van der Waals surface area contributed by atoms with Gasteiger partial charge in [0.1, 0.15) is 30.2 Å². The lowest BCUT2D eigenvalue weighted by molar-refractivity contribution is -0.375. The maximum absolute atomic E-state index is 14.8. The van der Waals surface area contributed by atoms with Gasteiger partial charge in [0.2, 0.25) is 0 Å². The maximum Gasteiger partial charge on any atom is 0.338 e. The van der Waals surface area contributed by atoms with Crippen molar-refractivity contribution in [3.63, 3.8) is 0 Å². The quantitative estimate of drug-likeness (QED) is 0.0357. The van der Waals surface area contributed by atoms with Gasteiger partial charge in [-0.15, -0.1) is 0 Å². The van der Waals surface area contributed by atoms with E-state index in [1.165, 1.54) is 13.8 Å². The predicted octanol–water partition coefficient (Wildman–Crippen LogP) is 13.0. The molecule has 4 saturated carbocycles. The fraction of sp³-hybridized carbons (Fsp3) is 0.556. The van der Waals surface area contributed by atoms with Gasteiger partial charge in [0.25, 0.3) is 0 Å². The smallest absolute Gasteiger partial charge is 0.338 e. The summed E-state index contributed by atoms with van der Waals surface area (Å²) in [7, 11) is 0. The number of rotatable bonds is 22. The first kappa shape index (κ1) is 71.2. The largest absolute Gasteiger partial charge is 0.462 e. The molecular formula is C81H96O19. The Labute approximate surface area is 586 Å². The first-order valence-corrected chi connectivity index (χ1v) is 36.1. The van der Waals surface area contributed by atoms with Crippen LogP contribution in [0.5, 0.6) is 0 Å². The van der Waals surface area contributed by atoms with Crippen LogP contribution < -0.4 is 0 Å². The van der Waals surface area contributed by atoms with E-state index in [4.69, 9.17) is 61.6 Å². The van der Waals surface area contributed by atoms with Crippen molar-refractivity contribution in [3.05, 3.63) is 179 Å². The summed E-state index contributed by atoms with van der Waals surface area (Å²) < 4.78 is 89.0. The number of hydrogen-bond donors (Lipinski definition) is 0. The standard InChI is InChI=1S/C81H96O19/c1-48-35-40-81(90-44-48)50(3)67-64(100-81)43-61-59-42-63(92-52(5)83)62-41-58(36-38-79(62,6)60(59)37-39-80(61,67)7)93-78-72(70(89-46-54-25-15-9-16-26-54)69(95-66(84)34-33-49(2)82)65(94-78)47-88-45-53-23-13-8-14-24-53)99-77-73(98-76(87)57-31-21-12-22-32-57)71(97-75(86)56-29-19-11-20-30-56)68(51(4)91-77)96-74(85)55-27-17-10-18-28-55/h8-32,48,50-51,58-65,67-73,77-78H,33-47H2,1-7H3/t48?,50-,51-,58-,59+,60-,61-,62?,63-,64-,65+,67-,68-,69+,70-,71+,72+,73+,77-,78+,79+,80-,81+/m0/s1. The fourth-order valence-corrected chi connectivity index (χ4v) is 18.6. The van der Waals surface area contributed by atoms with Crippen molar-refractivity contribution in [1.29, 1.82) is 0 Å². The van der Waals surface area contributed by atoms with Crippen LogP contribution in [0.1, 0.15) is 161 Å². The van der Waals surface area contributed by atoms with Crippen molar-refractivity contribution in [2.75, 3.05) is 13.2 Å². The molecule has 0 radical (unpaired) electrons. The molecule has 13 rings (SSSR count). The minimum atomic E-state index is -1.73. The van der Waals surface area contributed by atoms with Crippen molar-refractivity contribution in [3.8, 4) is 0 Å². The molecule has 0 aromatic heterocycles. The van der Waals surface area contributed by atoms with Crippen molar-refractivity contribution >= 4 is 35.6 Å². The van der Waals surface area contributed by atoms with Crippen LogP contribution in [0.2, 0.25) is 0 Å². The third-order valence-corrected chi connectivity index (χ3v) is 23.5. The molecule has 100 heavy (non-hydrogen) atoms. The summed E-state index contributed by atoms with van der Waals surface area (Å²) in [4.78, 5) is 84.1. The van der Waals surface area contributed by atoms with E-state index in [-0.39, 0.29) is 95.8 Å². The van der Waals surface area contributed by atoms with Gasteiger partial charge in [0.05, 0.1) is 67.9 Å². The van der Waals surface area contributed by atoms with Gasteiger partial charge in [0, 0.05) is 31.6 Å². The van der Waals surface area contributed by atoms with E-state index in [0.29, 0.717) is 49.5 Å². The number of fused-ring (bicyclic) bond motifs is 7. The zero-order valence-corrected chi connectivity index (χ0v) is 58.3. The average molecular weight is 1370 g/mol. The number of Topliss-reactive ketones (excluding diaryl/α,β-unsaturated/α-hetero) is 1. The summed E-state index contributed by atoms with van der Waals surface area (Å²) >= 11 is 0. The molecule has 4 saturated heterocycles. The molecule has 8 fully saturated rings. The molecule has 4 aliphatic heterocycles. The Morgan fingerprint density at radius 3 is 1.67 bits per heavy atom. The molecule has 5 aromatic carbocycles. The third-order valence-electron chi connectivity index (χ3n) is 23.5. The topological polar surface area (TPSA) is 222 Å². The first-order valence-electron chi connectivity index (χ1n) is 36.1. The van der Waals surface area contributed by atoms with Gasteiger partial charge in [0.15, 0.2) is 42.8 Å². The summed E-state index contributed by atoms with van der Waals surface area (Å²) in [5.74, 6) is -2.41. The van der Waals surface area contributed by atoms with E-state index >= 15 is 0 Å². The zero-order chi connectivity index (χ0) is 69.9. The molecule has 8 aliphatic rings. The molecule has 19 heteroatoms. The van der Waals surface area contributed by atoms with E-state index in [2.05, 4.69) is 27.7 Å². The Balaban J connectivity index is 0.874. The molecule has 19 nitrogen and oxygen atoms in total. The lowest BCUT2D eigenvalue weighted by Crippen LogP contribution is -2.67. The highest BCUT2D eigenvalue weighted by atomic mass is 16.8. The number of benzene rings is 5. The van der Waals surface area contributed by atoms with Crippen LogP contribution in [0, 0.1) is 52.3 Å². The Morgan fingerprint density at radius 1 is 0.510 bits per heavy atom. The molecule has 23 atom stereocenters. The Bertz CT molecular complexity index is 3610. The first-order chi connectivity index (χ1) is 48.3. The van der Waals surface area contributed by atoms with Gasteiger partial charge in [-0.05, 0) is 153 Å². The number of hydrogen-bond acceptors (Lipinski definition) is 19. The van der Waals surface area contributed by atoms with Crippen molar-refractivity contribution < 1.29 is 90.3 Å². The fourth-order valence-electron chi connectivity index (χ4n) is 18.6. The SMILES string of the molecule is CC(=O)CCC(=O)O[C@H]1[C@H](OCc2ccccc2)[C@@H](O[C@@H]2O[C@@H](C)[C@H](OC(=O)c3ccccc3)[C@@H](OC(=O)c3ccccc3)[C@H]2OC(=O)c2ccccc2)[C@H](O[C@H]2CC[C@@]3(C)C(C2)[C@@H](OC(C)=O)C[C@H]2[C@@H]4C[C@@H]5O[C@]6(CCC(C)CO6)[C@@H](C)[C@@H]5[C@@]4(C)CC[C@@H]23)O[C@@H]1COCc1ccccc1. The number of esters is 5. The summed E-state index contributed by atoms with van der Waals surface area (Å²) in [6, 6.07) is 43.7. The van der Waals surface area contributed by atoms with E-state index in [9.17, 15) is 28.8 Å². The second-order valence-electron chi connectivity index (χ2n) is 29.9. The van der Waals surface area contributed by atoms with Gasteiger partial charge in [-0.25, -0.2) is 14.4 Å². The molecule has 4 heterocycles. The van der Waals surface area contributed by atoms with Crippen LogP contribution in [-0.2, 0) is 89.2 Å². The Morgan fingerprint density at radius 2 is 1.08 bits per heavy atom. The highest BCUT2D eigenvalue weighted by Gasteiger charge is 2.70. The minimum absolute atomic E-state index is 0.00862. The molecule has 1 spiro atoms. The summed E-state index contributed by atoms with van der Waals surface area (Å²) in [6.45, 7) is 14.7. The molecule has 534 valence electrons. The van der Waals surface area contributed by atoms with Gasteiger partial charge >= 0.3 is 29.8 Å². The van der Waals surface area contributed by atoms with E-state index in [0.717, 1.165) is 49.7 Å². The second kappa shape index (κ2) is 30.8. The molecule has 0 N–H and O–H groups in total. The number of ketones is 1. The lowest BCUT2D eigenvalue weighted by Gasteiger charge is -2.63. The Kier molecular flexibility index (Phi) is 21.9. The lowest BCUT2D eigenvalue weighted by atomic mass is 9.43. The summed E-state index contributed by atoms with van der Waals surface area (Å²) in [6.07, 6.45) is -8.17. The monoisotopic (exact) mass is 1370 g/mol. The van der Waals surface area contributed by atoms with E-state index in [1.807, 2.05) is 60.7 Å². The van der Waals surface area contributed by atoms with E-state index in [1.54, 1.807) is 97.9 Å². The zero-order valence-electron chi connectivity index (χ0n) is 58.3. The molecule has 5 aromatic rings. The van der Waals surface area contributed by atoms with Crippen LogP contribution in [0.4, 0.5) is 0 Å². The van der Waals surface area contributed by atoms with Crippen LogP contribution in [-0.4, -0.2) is 134 Å². The van der Waals surface area contributed by atoms with Crippen LogP contribution >= 0.6 is 0 Å². The molecule has 0 bridgehead atoms. The van der Waals surface area contributed by atoms with Gasteiger partial charge < -0.3 is 66.4 Å². The van der Waals surface area contributed by atoms with Crippen LogP contribution in [0.15, 0.2) is 152 Å². The number of carbonyl (C=O) groups is 6. The molecular weight excluding hydrogens is 1280 g/mol. The molecule has 4 aliphatic carbocycles. The van der Waals surface area contributed by atoms with Crippen LogP contribution in [0.3, 0.4) is 0 Å². The minimum Gasteiger partial charge on any atom is -0.462 e. The molecule has 2 unspecified atom stereocenters. The predicted molar refractivity (Wildman–Crippen MR) is 363 cm³/mol. The highest BCUT2D eigenvalue weighted by Crippen LogP contribution is 2.72. The summed E-state index contributed by atoms with van der Waals surface area (Å²) in [5, 5.41) is 0. The number of carbonyl (C=O) groups excluding carboxylic acids is 6. The van der Waals surface area contributed by atoms with Crippen molar-refractivity contribution in [1.82, 2.24) is 0 Å². The number of ether oxygens (including phenoxy) is 13. The average Bonchev–Trinajstić information content (AvgIpc) is 1.49. The second-order valence-corrected chi connectivity index (χ2v) is 29.9. The molecule has 0 amide bonds. The van der Waals surface area contributed by atoms with E-state index < -0.39 is 103 Å².